The first-order chi connectivity index (χ1) is 8.28. The van der Waals surface area contributed by atoms with Crippen LogP contribution in [0.3, 0.4) is 0 Å². The van der Waals surface area contributed by atoms with Crippen molar-refractivity contribution in [3.05, 3.63) is 17.7 Å². The van der Waals surface area contributed by atoms with Crippen molar-refractivity contribution in [1.82, 2.24) is 5.32 Å². The Hall–Kier alpha value is -1.42. The molecule has 0 spiro atoms. The van der Waals surface area contributed by atoms with Crippen LogP contribution in [0.15, 0.2) is 12.1 Å². The first kappa shape index (κ1) is 10.7. The summed E-state index contributed by atoms with van der Waals surface area (Å²) in [6, 6.07) is 4.32. The summed E-state index contributed by atoms with van der Waals surface area (Å²) in [5.74, 6) is 2.52. The lowest BCUT2D eigenvalue weighted by Crippen LogP contribution is -2.31. The highest BCUT2D eigenvalue weighted by Gasteiger charge is 2.28. The maximum atomic E-state index is 5.86. The molecule has 2 unspecified atom stereocenters. The normalized spacial score (nSPS) is 25.3. The maximum absolute atomic E-state index is 5.86. The van der Waals surface area contributed by atoms with Gasteiger partial charge in [-0.1, -0.05) is 6.92 Å². The lowest BCUT2D eigenvalue weighted by molar-refractivity contribution is 0.166. The fourth-order valence-electron chi connectivity index (χ4n) is 2.48. The van der Waals surface area contributed by atoms with E-state index in [1.54, 1.807) is 0 Å². The number of nitrogens with one attached hydrogen (secondary N) is 1. The Morgan fingerprint density at radius 2 is 2.00 bits per heavy atom. The van der Waals surface area contributed by atoms with E-state index in [9.17, 15) is 0 Å². The van der Waals surface area contributed by atoms with Crippen molar-refractivity contribution in [3.63, 3.8) is 0 Å². The van der Waals surface area contributed by atoms with Crippen molar-refractivity contribution in [2.24, 2.45) is 0 Å². The summed E-state index contributed by atoms with van der Waals surface area (Å²) in [5, 5.41) is 3.49. The van der Waals surface area contributed by atoms with Gasteiger partial charge in [0, 0.05) is 24.1 Å². The number of hydrogen-bond acceptors (Lipinski definition) is 4. The van der Waals surface area contributed by atoms with E-state index in [4.69, 9.17) is 14.2 Å². The zero-order valence-corrected chi connectivity index (χ0v) is 10.2. The van der Waals surface area contributed by atoms with Gasteiger partial charge in [0.1, 0.15) is 5.75 Å². The molecule has 3 rings (SSSR count). The Labute approximate surface area is 101 Å². The van der Waals surface area contributed by atoms with Crippen LogP contribution in [0.25, 0.3) is 0 Å². The molecule has 2 heterocycles. The molecule has 2 atom stereocenters. The molecule has 17 heavy (non-hydrogen) atoms. The summed E-state index contributed by atoms with van der Waals surface area (Å²) >= 11 is 0. The minimum Gasteiger partial charge on any atom is -0.490 e. The molecule has 2 aliphatic rings. The van der Waals surface area contributed by atoms with Crippen LogP contribution in [-0.2, 0) is 0 Å². The van der Waals surface area contributed by atoms with Crippen molar-refractivity contribution >= 4 is 0 Å². The summed E-state index contributed by atoms with van der Waals surface area (Å²) in [6.45, 7) is 5.47. The van der Waals surface area contributed by atoms with E-state index in [-0.39, 0.29) is 6.10 Å². The Morgan fingerprint density at radius 3 is 2.76 bits per heavy atom. The van der Waals surface area contributed by atoms with E-state index >= 15 is 0 Å². The summed E-state index contributed by atoms with van der Waals surface area (Å²) < 4.78 is 16.6. The Balaban J connectivity index is 2.01. The van der Waals surface area contributed by atoms with E-state index in [1.165, 1.54) is 5.56 Å². The molecule has 4 nitrogen and oxygen atoms in total. The van der Waals surface area contributed by atoms with Gasteiger partial charge in [-0.25, -0.2) is 0 Å². The van der Waals surface area contributed by atoms with Crippen LogP contribution in [0, 0.1) is 0 Å². The van der Waals surface area contributed by atoms with Gasteiger partial charge in [-0.05, 0) is 19.5 Å². The quantitative estimate of drug-likeness (QED) is 0.853. The number of hydrogen-bond donors (Lipinski definition) is 1. The van der Waals surface area contributed by atoms with Crippen LogP contribution in [0.4, 0.5) is 0 Å². The van der Waals surface area contributed by atoms with E-state index in [2.05, 4.69) is 19.2 Å². The standard InChI is InChI=1S/C13H17NO3/c1-3-14-10-4-8(2)17-11-6-13-12(5-9(10)11)15-7-16-13/h5-6,8,10,14H,3-4,7H2,1-2H3. The second-order valence-corrected chi connectivity index (χ2v) is 4.52. The fraction of sp³-hybridized carbons (Fsp3) is 0.538. The molecule has 0 aromatic heterocycles. The van der Waals surface area contributed by atoms with Crippen LogP contribution in [-0.4, -0.2) is 19.4 Å². The second-order valence-electron chi connectivity index (χ2n) is 4.52. The predicted octanol–water partition coefficient (Wildman–Crippen LogP) is 2.24. The fourth-order valence-corrected chi connectivity index (χ4v) is 2.48. The van der Waals surface area contributed by atoms with Crippen molar-refractivity contribution in [2.75, 3.05) is 13.3 Å². The molecule has 0 saturated carbocycles. The third-order valence-corrected chi connectivity index (χ3v) is 3.23. The SMILES string of the molecule is CCNC1CC(C)Oc2cc3c(cc21)OCO3. The van der Waals surface area contributed by atoms with Crippen molar-refractivity contribution in [3.8, 4) is 17.2 Å². The third kappa shape index (κ3) is 1.82. The molecule has 4 heteroatoms. The second kappa shape index (κ2) is 4.11. The molecule has 0 saturated heterocycles. The monoisotopic (exact) mass is 235 g/mol. The van der Waals surface area contributed by atoms with Crippen LogP contribution in [0.1, 0.15) is 31.9 Å². The van der Waals surface area contributed by atoms with E-state index in [0.717, 1.165) is 30.2 Å². The molecule has 92 valence electrons. The average Bonchev–Trinajstić information content (AvgIpc) is 2.73. The predicted molar refractivity (Wildman–Crippen MR) is 63.7 cm³/mol. The van der Waals surface area contributed by atoms with Gasteiger partial charge in [-0.2, -0.15) is 0 Å². The molecule has 1 N–H and O–H groups in total. The summed E-state index contributed by atoms with van der Waals surface area (Å²) in [5.41, 5.74) is 1.18. The molecule has 0 aliphatic carbocycles. The van der Waals surface area contributed by atoms with Crippen LogP contribution in [0.5, 0.6) is 17.2 Å². The summed E-state index contributed by atoms with van der Waals surface area (Å²) in [4.78, 5) is 0. The first-order valence-corrected chi connectivity index (χ1v) is 6.11. The molecule has 2 aliphatic heterocycles. The van der Waals surface area contributed by atoms with Gasteiger partial charge in [-0.15, -0.1) is 0 Å². The molecule has 1 aromatic carbocycles. The van der Waals surface area contributed by atoms with Gasteiger partial charge < -0.3 is 19.5 Å². The lowest BCUT2D eigenvalue weighted by Gasteiger charge is -2.31. The van der Waals surface area contributed by atoms with Crippen molar-refractivity contribution < 1.29 is 14.2 Å². The van der Waals surface area contributed by atoms with Gasteiger partial charge in [0.25, 0.3) is 0 Å². The molecule has 0 fully saturated rings. The van der Waals surface area contributed by atoms with Crippen LogP contribution >= 0.6 is 0 Å². The average molecular weight is 235 g/mol. The molecule has 0 amide bonds. The van der Waals surface area contributed by atoms with Gasteiger partial charge >= 0.3 is 0 Å². The highest BCUT2D eigenvalue weighted by Crippen LogP contribution is 2.43. The number of benzene rings is 1. The lowest BCUT2D eigenvalue weighted by atomic mass is 9.96. The van der Waals surface area contributed by atoms with Gasteiger partial charge in [0.05, 0.1) is 6.10 Å². The first-order valence-electron chi connectivity index (χ1n) is 6.11. The van der Waals surface area contributed by atoms with E-state index in [1.807, 2.05) is 12.1 Å². The highest BCUT2D eigenvalue weighted by atomic mass is 16.7. The number of fused-ring (bicyclic) bond motifs is 2. The number of rotatable bonds is 2. The van der Waals surface area contributed by atoms with Gasteiger partial charge in [-0.3, -0.25) is 0 Å². The Bertz CT molecular complexity index is 433. The van der Waals surface area contributed by atoms with Crippen LogP contribution in [0.2, 0.25) is 0 Å². The largest absolute Gasteiger partial charge is 0.490 e. The van der Waals surface area contributed by atoms with Crippen molar-refractivity contribution in [1.29, 1.82) is 0 Å². The minimum absolute atomic E-state index is 0.229. The van der Waals surface area contributed by atoms with Gasteiger partial charge in [0.2, 0.25) is 6.79 Å². The number of ether oxygens (including phenoxy) is 3. The smallest absolute Gasteiger partial charge is 0.231 e. The topological polar surface area (TPSA) is 39.7 Å². The summed E-state index contributed by atoms with van der Waals surface area (Å²) in [7, 11) is 0. The van der Waals surface area contributed by atoms with Gasteiger partial charge in [0.15, 0.2) is 11.5 Å². The highest BCUT2D eigenvalue weighted by molar-refractivity contribution is 5.53. The van der Waals surface area contributed by atoms with E-state index < -0.39 is 0 Å². The third-order valence-electron chi connectivity index (χ3n) is 3.23. The zero-order chi connectivity index (χ0) is 11.8. The van der Waals surface area contributed by atoms with E-state index in [0.29, 0.717) is 12.8 Å². The molecule has 0 bridgehead atoms. The molecular formula is C13H17NO3. The zero-order valence-electron chi connectivity index (χ0n) is 10.2. The molecular weight excluding hydrogens is 218 g/mol. The van der Waals surface area contributed by atoms with Crippen molar-refractivity contribution in [2.45, 2.75) is 32.4 Å². The molecule has 1 aromatic rings. The maximum Gasteiger partial charge on any atom is 0.231 e. The molecule has 0 radical (unpaired) electrons. The Morgan fingerprint density at radius 1 is 1.24 bits per heavy atom. The summed E-state index contributed by atoms with van der Waals surface area (Å²) in [6.07, 6.45) is 1.22. The minimum atomic E-state index is 0.229. The van der Waals surface area contributed by atoms with Crippen LogP contribution < -0.4 is 19.5 Å². The Kier molecular flexibility index (Phi) is 2.59.